The molecule has 1 saturated heterocycles. The highest BCUT2D eigenvalue weighted by Gasteiger charge is 2.66. The van der Waals surface area contributed by atoms with Crippen LogP contribution in [0.15, 0.2) is 18.2 Å². The summed E-state index contributed by atoms with van der Waals surface area (Å²) in [7, 11) is 0. The summed E-state index contributed by atoms with van der Waals surface area (Å²) in [5.41, 5.74) is -1.31. The van der Waals surface area contributed by atoms with Crippen molar-refractivity contribution in [2.24, 2.45) is 23.7 Å². The first-order chi connectivity index (χ1) is 15.4. The van der Waals surface area contributed by atoms with Crippen molar-refractivity contribution >= 4 is 72.8 Å². The van der Waals surface area contributed by atoms with Gasteiger partial charge in [0.15, 0.2) is 6.61 Å². The van der Waals surface area contributed by atoms with Crippen molar-refractivity contribution in [1.29, 1.82) is 0 Å². The number of nitrogens with zero attached hydrogens (tertiary/aromatic N) is 1. The third-order valence-electron chi connectivity index (χ3n) is 6.30. The largest absolute Gasteiger partial charge is 0.454 e. The van der Waals surface area contributed by atoms with Crippen LogP contribution in [0.5, 0.6) is 0 Å². The number of ether oxygens (including phenoxy) is 1. The van der Waals surface area contributed by atoms with Crippen molar-refractivity contribution in [2.75, 3.05) is 18.5 Å². The lowest BCUT2D eigenvalue weighted by atomic mass is 9.81. The van der Waals surface area contributed by atoms with Gasteiger partial charge in [0.1, 0.15) is 6.54 Å². The van der Waals surface area contributed by atoms with Crippen LogP contribution in [0.25, 0.3) is 0 Å². The van der Waals surface area contributed by atoms with E-state index >= 15 is 0 Å². The number of hydrogen-bond acceptors (Lipinski definition) is 5. The van der Waals surface area contributed by atoms with Gasteiger partial charge in [-0.05, 0) is 36.5 Å². The number of amides is 3. The summed E-state index contributed by atoms with van der Waals surface area (Å²) in [6.07, 6.45) is -3.89. The van der Waals surface area contributed by atoms with Crippen LogP contribution in [-0.4, -0.2) is 51.4 Å². The second kappa shape index (κ2) is 8.84. The monoisotopic (exact) mass is 614 g/mol. The number of alkyl halides is 5. The maximum atomic E-state index is 12.8. The Morgan fingerprint density at radius 2 is 1.70 bits per heavy atom. The Hall–Kier alpha value is -1.66. The third-order valence-corrected chi connectivity index (χ3v) is 9.83. The zero-order valence-corrected chi connectivity index (χ0v) is 20.5. The predicted octanol–water partition coefficient (Wildman–Crippen LogP) is 3.62. The summed E-state index contributed by atoms with van der Waals surface area (Å²) in [6, 6.07) is 2.40. The lowest BCUT2D eigenvalue weighted by Crippen LogP contribution is -2.38. The van der Waals surface area contributed by atoms with Gasteiger partial charge in [-0.1, -0.05) is 43.5 Å². The molecule has 33 heavy (non-hydrogen) atoms. The molecule has 6 atom stereocenters. The Bertz CT molecular complexity index is 1010. The smallest absolute Gasteiger partial charge is 0.416 e. The number of benzene rings is 1. The van der Waals surface area contributed by atoms with Gasteiger partial charge < -0.3 is 10.1 Å². The number of halogens is 6. The van der Waals surface area contributed by atoms with Crippen LogP contribution in [0, 0.1) is 23.7 Å². The molecule has 0 aromatic heterocycles. The molecule has 1 N–H and O–H groups in total. The van der Waals surface area contributed by atoms with Gasteiger partial charge in [-0.2, -0.15) is 13.2 Å². The van der Waals surface area contributed by atoms with Crippen LogP contribution in [-0.2, 0) is 30.1 Å². The fourth-order valence-electron chi connectivity index (χ4n) is 4.87. The third kappa shape index (κ3) is 4.41. The number of anilines is 1. The van der Waals surface area contributed by atoms with Crippen LogP contribution in [0.4, 0.5) is 18.9 Å². The van der Waals surface area contributed by atoms with Gasteiger partial charge in [-0.15, -0.1) is 0 Å². The van der Waals surface area contributed by atoms with Gasteiger partial charge in [-0.3, -0.25) is 24.1 Å². The molecule has 2 bridgehead atoms. The molecule has 1 aliphatic heterocycles. The molecule has 2 aliphatic carbocycles. The minimum atomic E-state index is -4.63. The Morgan fingerprint density at radius 1 is 1.12 bits per heavy atom. The molecule has 4 rings (SSSR count). The van der Waals surface area contributed by atoms with E-state index in [0.29, 0.717) is 6.07 Å². The highest BCUT2D eigenvalue weighted by atomic mass is 79.9. The van der Waals surface area contributed by atoms with E-state index in [1.54, 1.807) is 0 Å². The Kier molecular flexibility index (Phi) is 6.56. The van der Waals surface area contributed by atoms with E-state index in [1.165, 1.54) is 0 Å². The van der Waals surface area contributed by atoms with Crippen LogP contribution in [0.3, 0.4) is 0 Å². The Balaban J connectivity index is 1.33. The molecule has 0 unspecified atom stereocenters. The molecule has 0 radical (unpaired) electrons. The fraction of sp³-hybridized carbons (Fsp3) is 0.500. The first-order valence-corrected chi connectivity index (χ1v) is 12.1. The van der Waals surface area contributed by atoms with Crippen molar-refractivity contribution in [3.8, 4) is 0 Å². The number of likely N-dealkylation sites (tertiary alicyclic amines) is 1. The maximum Gasteiger partial charge on any atom is 0.416 e. The number of hydrogen-bond donors (Lipinski definition) is 1. The quantitative estimate of drug-likeness (QED) is 0.310. The van der Waals surface area contributed by atoms with Gasteiger partial charge in [0.25, 0.3) is 5.91 Å². The van der Waals surface area contributed by atoms with Crippen molar-refractivity contribution in [2.45, 2.75) is 22.3 Å². The lowest BCUT2D eigenvalue weighted by Gasteiger charge is -2.28. The number of fused-ring (bicyclic) bond motifs is 5. The molecule has 3 fully saturated rings. The summed E-state index contributed by atoms with van der Waals surface area (Å²) >= 11 is 12.9. The molecule has 0 spiro atoms. The van der Waals surface area contributed by atoms with E-state index in [-0.39, 0.29) is 32.2 Å². The zero-order chi connectivity index (χ0) is 24.2. The SMILES string of the molecule is O=C(COC(=O)CN1C(=O)[C@@H]2[C@H]3C[C@@H]([C@H](Br)[C@H]3Br)[C@H]2C1=O)Nc1cc(C(F)(F)F)ccc1Cl. The second-order valence-electron chi connectivity index (χ2n) is 8.17. The number of imide groups is 1. The van der Waals surface area contributed by atoms with E-state index in [0.717, 1.165) is 23.5 Å². The van der Waals surface area contributed by atoms with Crippen LogP contribution in [0.2, 0.25) is 5.02 Å². The first-order valence-electron chi connectivity index (χ1n) is 9.85. The number of nitrogens with one attached hydrogen (secondary N) is 1. The number of esters is 1. The molecule has 2 saturated carbocycles. The second-order valence-corrected chi connectivity index (χ2v) is 10.7. The van der Waals surface area contributed by atoms with Crippen LogP contribution < -0.4 is 5.32 Å². The van der Waals surface area contributed by atoms with E-state index < -0.39 is 60.4 Å². The summed E-state index contributed by atoms with van der Waals surface area (Å²) in [5, 5.41) is 2.01. The van der Waals surface area contributed by atoms with Crippen LogP contribution >= 0.6 is 43.5 Å². The minimum Gasteiger partial charge on any atom is -0.454 e. The van der Waals surface area contributed by atoms with Crippen molar-refractivity contribution < 1.29 is 37.1 Å². The summed E-state index contributed by atoms with van der Waals surface area (Å²) in [4.78, 5) is 50.8. The maximum absolute atomic E-state index is 12.8. The molecule has 1 aromatic rings. The fourth-order valence-corrected chi connectivity index (χ4v) is 6.91. The predicted molar refractivity (Wildman–Crippen MR) is 117 cm³/mol. The van der Waals surface area contributed by atoms with Crippen LogP contribution in [0.1, 0.15) is 12.0 Å². The van der Waals surface area contributed by atoms with Gasteiger partial charge in [0.05, 0.1) is 28.1 Å². The summed E-state index contributed by atoms with van der Waals surface area (Å²) < 4.78 is 43.3. The average molecular weight is 617 g/mol. The standard InChI is InChI=1S/C20H16Br2ClF3N2O5/c21-16-8-4-9(17(16)22)15-14(8)18(31)28(19(15)32)5-13(30)33-6-12(29)27-11-3-7(20(24,25)26)1-2-10(11)23/h1-3,8-9,14-17H,4-6H2,(H,27,29)/t8-,9-,14-,15-,16+,17+/m1/s1. The highest BCUT2D eigenvalue weighted by Crippen LogP contribution is 2.60. The minimum absolute atomic E-state index is 0.00941. The Morgan fingerprint density at radius 3 is 2.24 bits per heavy atom. The van der Waals surface area contributed by atoms with Crippen molar-refractivity contribution in [3.05, 3.63) is 28.8 Å². The van der Waals surface area contributed by atoms with E-state index in [1.807, 2.05) is 0 Å². The molecule has 3 aliphatic rings. The molecular weight excluding hydrogens is 600 g/mol. The Labute approximate surface area is 207 Å². The molecule has 1 heterocycles. The average Bonchev–Trinajstić information content (AvgIpc) is 3.34. The van der Waals surface area contributed by atoms with Crippen molar-refractivity contribution in [1.82, 2.24) is 4.90 Å². The highest BCUT2D eigenvalue weighted by molar-refractivity contribution is 9.12. The first kappa shape index (κ1) is 24.5. The van der Waals surface area contributed by atoms with Gasteiger partial charge in [-0.25, -0.2) is 0 Å². The molecule has 13 heteroatoms. The zero-order valence-electron chi connectivity index (χ0n) is 16.6. The number of rotatable bonds is 5. The molecule has 3 amide bonds. The number of carbonyl (C=O) groups is 4. The normalized spacial score (nSPS) is 30.5. The molecule has 178 valence electrons. The number of carbonyl (C=O) groups excluding carboxylic acids is 4. The van der Waals surface area contributed by atoms with E-state index in [2.05, 4.69) is 37.2 Å². The van der Waals surface area contributed by atoms with Gasteiger partial charge in [0, 0.05) is 9.65 Å². The summed E-state index contributed by atoms with van der Waals surface area (Å²) in [6.45, 7) is -1.46. The van der Waals surface area contributed by atoms with Gasteiger partial charge >= 0.3 is 12.1 Å². The van der Waals surface area contributed by atoms with Gasteiger partial charge in [0.2, 0.25) is 11.8 Å². The van der Waals surface area contributed by atoms with Crippen molar-refractivity contribution in [3.63, 3.8) is 0 Å². The lowest BCUT2D eigenvalue weighted by molar-refractivity contribution is -0.154. The molecular formula is C20H16Br2ClF3N2O5. The van der Waals surface area contributed by atoms with E-state index in [4.69, 9.17) is 16.3 Å². The summed E-state index contributed by atoms with van der Waals surface area (Å²) in [5.74, 6) is -3.77. The van der Waals surface area contributed by atoms with E-state index in [9.17, 15) is 32.3 Å². The topological polar surface area (TPSA) is 92.8 Å². The molecule has 1 aromatic carbocycles. The molecule has 7 nitrogen and oxygen atoms in total.